The summed E-state index contributed by atoms with van der Waals surface area (Å²) in [5, 5.41) is -2.79. The summed E-state index contributed by atoms with van der Waals surface area (Å²) in [6, 6.07) is 9.82. The Morgan fingerprint density at radius 3 is 2.02 bits per heavy atom. The van der Waals surface area contributed by atoms with E-state index < -0.39 is 44.5 Å². The van der Waals surface area contributed by atoms with E-state index in [1.54, 1.807) is 57.4 Å². The van der Waals surface area contributed by atoms with Crippen molar-refractivity contribution < 1.29 is 28.0 Å². The van der Waals surface area contributed by atoms with Gasteiger partial charge in [0, 0.05) is 22.7 Å². The zero-order valence-electron chi connectivity index (χ0n) is 24.9. The van der Waals surface area contributed by atoms with Crippen molar-refractivity contribution >= 4 is 106 Å². The summed E-state index contributed by atoms with van der Waals surface area (Å²) in [7, 11) is 14.9. The predicted octanol–water partition coefficient (Wildman–Crippen LogP) is -6.15. The minimum Gasteiger partial charge on any atom is -0.393 e. The summed E-state index contributed by atoms with van der Waals surface area (Å²) in [5.74, 6) is -6.33. The number of halogens is 3. The number of benzene rings is 2. The van der Waals surface area contributed by atoms with Gasteiger partial charge in [-0.3, -0.25) is 19.2 Å². The van der Waals surface area contributed by atoms with Gasteiger partial charge in [-0.2, -0.15) is 8.78 Å². The Kier molecular flexibility index (Phi) is 7.34. The van der Waals surface area contributed by atoms with E-state index in [-0.39, 0.29) is 23.4 Å². The lowest BCUT2D eigenvalue weighted by atomic mass is 9.21. The molecule has 4 amide bonds. The second-order valence-corrected chi connectivity index (χ2v) is 13.2. The van der Waals surface area contributed by atoms with Gasteiger partial charge in [0.1, 0.15) is 54.9 Å². The number of hydrogen-bond donors (Lipinski definition) is 0. The van der Waals surface area contributed by atoms with E-state index in [9.17, 15) is 19.2 Å². The summed E-state index contributed by atoms with van der Waals surface area (Å²) in [6.07, 6.45) is 0. The van der Waals surface area contributed by atoms with Crippen LogP contribution >= 0.6 is 11.6 Å². The van der Waals surface area contributed by atoms with E-state index in [0.29, 0.717) is 16.7 Å². The fourth-order valence-corrected chi connectivity index (χ4v) is 6.06. The lowest BCUT2D eigenvalue weighted by Gasteiger charge is -2.61. The van der Waals surface area contributed by atoms with Crippen LogP contribution in [-0.4, -0.2) is 114 Å². The molecule has 202 valence electrons. The Balaban J connectivity index is 1.68. The summed E-state index contributed by atoms with van der Waals surface area (Å²) in [6.45, 7) is 0.0838. The van der Waals surface area contributed by atoms with Crippen molar-refractivity contribution in [2.75, 3.05) is 0 Å². The molecule has 2 heterocycles. The monoisotopic (exact) mass is 569 g/mol. The van der Waals surface area contributed by atoms with Gasteiger partial charge in [0.05, 0.1) is 5.44 Å². The average molecular weight is 568 g/mol. The van der Waals surface area contributed by atoms with Gasteiger partial charge in [-0.25, -0.2) is 0 Å². The zero-order valence-corrected chi connectivity index (χ0v) is 25.6. The van der Waals surface area contributed by atoms with Crippen molar-refractivity contribution in [1.29, 1.82) is 0 Å². The molecule has 1 fully saturated rings. The van der Waals surface area contributed by atoms with Crippen LogP contribution in [0.2, 0.25) is 15.5 Å². The van der Waals surface area contributed by atoms with Crippen LogP contribution in [0.5, 0.6) is 0 Å². The van der Waals surface area contributed by atoms with Gasteiger partial charge in [0.15, 0.2) is 0 Å². The summed E-state index contributed by atoms with van der Waals surface area (Å²) in [4.78, 5) is 57.1. The first-order chi connectivity index (χ1) is 18.6. The number of carbonyl (C=O) groups excluding carboxylic acids is 4. The zero-order chi connectivity index (χ0) is 31.1. The largest absolute Gasteiger partial charge is 0.393 e. The topological polar surface area (TPSA) is 78.0 Å². The van der Waals surface area contributed by atoms with Gasteiger partial charge < -0.3 is 14.5 Å². The first kappa shape index (κ1) is 31.2. The summed E-state index contributed by atoms with van der Waals surface area (Å²) in [5.41, 5.74) is -0.289. The number of carbonyl (C=O) groups is 4. The van der Waals surface area contributed by atoms with Gasteiger partial charge in [0.2, 0.25) is 27.8 Å². The molecule has 4 rings (SSSR count). The lowest BCUT2D eigenvalue weighted by Crippen LogP contribution is -2.75. The molecule has 41 heavy (non-hydrogen) atoms. The second kappa shape index (κ2) is 9.64. The van der Waals surface area contributed by atoms with Gasteiger partial charge in [0.25, 0.3) is 11.8 Å². The third-order valence-electron chi connectivity index (χ3n) is 10.1. The first-order valence-electron chi connectivity index (χ1n) is 13.3. The van der Waals surface area contributed by atoms with Gasteiger partial charge in [-0.1, -0.05) is 41.1 Å². The van der Waals surface area contributed by atoms with E-state index in [1.807, 2.05) is 15.7 Å². The second-order valence-electron chi connectivity index (χ2n) is 12.8. The van der Waals surface area contributed by atoms with Crippen molar-refractivity contribution in [3.8, 4) is 0 Å². The van der Waals surface area contributed by atoms with E-state index in [2.05, 4.69) is 0 Å². The van der Waals surface area contributed by atoms with Gasteiger partial charge >= 0.3 is 5.92 Å². The summed E-state index contributed by atoms with van der Waals surface area (Å²) < 4.78 is 30.5. The van der Waals surface area contributed by atoms with Crippen LogP contribution in [0.4, 0.5) is 8.78 Å². The Hall–Kier alpha value is -2.75. The quantitative estimate of drug-likeness (QED) is 0.266. The van der Waals surface area contributed by atoms with Crippen LogP contribution in [0.25, 0.3) is 0 Å². The maximum atomic E-state index is 15.2. The van der Waals surface area contributed by atoms with Crippen molar-refractivity contribution in [3.63, 3.8) is 0 Å². The van der Waals surface area contributed by atoms with E-state index in [0.717, 1.165) is 21.8 Å². The number of alkyl halides is 2. The SMILES string of the molecule is BN1C(=O)C(B)(B)C(B)(B)C(B)(N2Cc3cc(C(B)(B)N(B)C(=O)C(F)(F)c4ccc(Cl)cc4)ccc3C2=O)C1=O. The number of nitrogens with zero attached hydrogens (tertiary/aromatic N) is 3. The van der Waals surface area contributed by atoms with Crippen molar-refractivity contribution in [1.82, 2.24) is 14.5 Å². The smallest absolute Gasteiger partial charge is 0.348 e. The minimum absolute atomic E-state index is 0.0838. The molecular weight excluding hydrogens is 541 g/mol. The normalized spacial score (nSPS) is 22.0. The van der Waals surface area contributed by atoms with Crippen LogP contribution in [0, 0.1) is 0 Å². The molecule has 1 atom stereocenters. The molecule has 0 aliphatic carbocycles. The van der Waals surface area contributed by atoms with E-state index >= 15 is 8.78 Å². The molecule has 0 bridgehead atoms. The Morgan fingerprint density at radius 2 is 1.46 bits per heavy atom. The maximum Gasteiger partial charge on any atom is 0.348 e. The number of piperidine rings is 1. The highest BCUT2D eigenvalue weighted by Crippen LogP contribution is 2.57. The van der Waals surface area contributed by atoms with Crippen molar-refractivity contribution in [3.05, 3.63) is 69.7 Å². The molecule has 19 heteroatoms. The third kappa shape index (κ3) is 4.26. The molecule has 2 aliphatic heterocycles. The van der Waals surface area contributed by atoms with E-state index in [1.165, 1.54) is 33.0 Å². The molecule has 0 aromatic heterocycles. The molecule has 1 saturated heterocycles. The maximum absolute atomic E-state index is 15.2. The Labute approximate surface area is 251 Å². The molecule has 2 aliphatic rings. The molecule has 1 unspecified atom stereocenters. The van der Waals surface area contributed by atoms with Gasteiger partial charge in [-0.05, 0) is 39.9 Å². The van der Waals surface area contributed by atoms with Crippen LogP contribution < -0.4 is 0 Å². The molecule has 2 aromatic rings. The number of fused-ring (bicyclic) bond motifs is 1. The number of rotatable bonds is 5. The number of hydrogen-bond acceptors (Lipinski definition) is 4. The van der Waals surface area contributed by atoms with Crippen molar-refractivity contribution in [2.45, 2.75) is 33.7 Å². The molecule has 0 spiro atoms. The fraction of sp³-hybridized carbons (Fsp3) is 0.273. The minimum atomic E-state index is -3.79. The van der Waals surface area contributed by atoms with Crippen LogP contribution in [0.1, 0.15) is 27.0 Å². The molecule has 0 radical (unpaired) electrons. The van der Waals surface area contributed by atoms with Gasteiger partial charge in [-0.15, -0.1) is 0 Å². The van der Waals surface area contributed by atoms with Crippen LogP contribution in [0.15, 0.2) is 42.5 Å². The molecule has 0 N–H and O–H groups in total. The molecule has 2 aromatic carbocycles. The first-order valence-corrected chi connectivity index (χ1v) is 13.7. The van der Waals surface area contributed by atoms with Crippen molar-refractivity contribution in [2.24, 2.45) is 0 Å². The van der Waals surface area contributed by atoms with Crippen LogP contribution in [0.3, 0.4) is 0 Å². The summed E-state index contributed by atoms with van der Waals surface area (Å²) >= 11 is 5.83. The molecule has 7 nitrogen and oxygen atoms in total. The fourth-order valence-electron chi connectivity index (χ4n) is 5.94. The average Bonchev–Trinajstić information content (AvgIpc) is 3.25. The Morgan fingerprint density at radius 1 is 0.927 bits per heavy atom. The Bertz CT molecular complexity index is 1500. The third-order valence-corrected chi connectivity index (χ3v) is 10.4. The highest BCUT2D eigenvalue weighted by molar-refractivity contribution is 6.68. The van der Waals surface area contributed by atoms with E-state index in [4.69, 9.17) is 11.6 Å². The predicted molar refractivity (Wildman–Crippen MR) is 177 cm³/mol. The highest BCUT2D eigenvalue weighted by Gasteiger charge is 2.65. The molecular formula is C22H27B9ClF2N3O4. The standard InChI is InChI=1S/C22H27B9ClF2N3O4/c23-19(24)16(40)36(30)17(41)20(25,22(19,28)29)35-8-9-7-11(3-6-13(9)14(35)38)21(26,27)37(31)15(39)18(33,34)10-1-4-12(32)5-2-10/h1-7H,8,23-31H2. The lowest BCUT2D eigenvalue weighted by molar-refractivity contribution is -0.155. The number of imide groups is 1. The van der Waals surface area contributed by atoms with Crippen LogP contribution in [-0.2, 0) is 32.2 Å². The molecule has 0 saturated carbocycles. The highest BCUT2D eigenvalue weighted by atomic mass is 35.5. The number of amides is 4.